The Hall–Kier alpha value is -1.87. The number of methoxy groups -OCH3 is 1. The zero-order chi connectivity index (χ0) is 13.1. The van der Waals surface area contributed by atoms with E-state index in [4.69, 9.17) is 10.5 Å². The summed E-state index contributed by atoms with van der Waals surface area (Å²) in [6, 6.07) is 9.72. The highest BCUT2D eigenvalue weighted by molar-refractivity contribution is 5.39. The number of aromatic nitrogens is 1. The Morgan fingerprint density at radius 1 is 1.17 bits per heavy atom. The Balaban J connectivity index is 2.37. The molecule has 1 aromatic heterocycles. The molecule has 1 heterocycles. The summed E-state index contributed by atoms with van der Waals surface area (Å²) in [5.74, 6) is 0.848. The minimum Gasteiger partial charge on any atom is -0.497 e. The fourth-order valence-corrected chi connectivity index (χ4v) is 2.01. The van der Waals surface area contributed by atoms with E-state index in [1.165, 1.54) is 5.56 Å². The lowest BCUT2D eigenvalue weighted by molar-refractivity contribution is 0.414. The summed E-state index contributed by atoms with van der Waals surface area (Å²) in [6.07, 6.45) is 1.80. The molecule has 1 aromatic carbocycles. The maximum Gasteiger partial charge on any atom is 0.119 e. The predicted molar refractivity (Wildman–Crippen MR) is 72.7 cm³/mol. The molecule has 0 saturated heterocycles. The number of hydrogen-bond acceptors (Lipinski definition) is 3. The third kappa shape index (κ3) is 2.51. The second-order valence-corrected chi connectivity index (χ2v) is 4.46. The highest BCUT2D eigenvalue weighted by atomic mass is 16.5. The molecule has 0 spiro atoms. The maximum absolute atomic E-state index is 6.27. The summed E-state index contributed by atoms with van der Waals surface area (Å²) in [5, 5.41) is 0. The molecule has 0 aliphatic heterocycles. The van der Waals surface area contributed by atoms with Gasteiger partial charge in [-0.05, 0) is 54.8 Å². The third-order valence-corrected chi connectivity index (χ3v) is 3.07. The number of nitrogens with two attached hydrogens (primary N) is 1. The lowest BCUT2D eigenvalue weighted by Crippen LogP contribution is -2.15. The van der Waals surface area contributed by atoms with Crippen molar-refractivity contribution in [1.29, 1.82) is 0 Å². The van der Waals surface area contributed by atoms with Crippen molar-refractivity contribution in [3.63, 3.8) is 0 Å². The molecule has 0 amide bonds. The summed E-state index contributed by atoms with van der Waals surface area (Å²) in [4.78, 5) is 4.34. The highest BCUT2D eigenvalue weighted by Crippen LogP contribution is 2.25. The molecular formula is C15H18N2O. The van der Waals surface area contributed by atoms with E-state index < -0.39 is 0 Å². The van der Waals surface area contributed by atoms with Gasteiger partial charge in [-0.2, -0.15) is 0 Å². The minimum atomic E-state index is -0.198. The average molecular weight is 242 g/mol. The molecule has 0 saturated carbocycles. The summed E-state index contributed by atoms with van der Waals surface area (Å²) in [7, 11) is 1.66. The summed E-state index contributed by atoms with van der Waals surface area (Å²) in [5.41, 5.74) is 10.5. The average Bonchev–Trinajstić information content (AvgIpc) is 2.37. The van der Waals surface area contributed by atoms with E-state index in [0.717, 1.165) is 22.6 Å². The molecule has 1 unspecified atom stereocenters. The number of rotatable bonds is 3. The van der Waals surface area contributed by atoms with Crippen LogP contribution in [0.4, 0.5) is 0 Å². The van der Waals surface area contributed by atoms with E-state index in [1.54, 1.807) is 13.3 Å². The zero-order valence-electron chi connectivity index (χ0n) is 11.0. The standard InChI is InChI=1S/C15H18N2O/c1-10-6-7-17-14(8-10)15(16)13-5-4-12(18-3)9-11(13)2/h4-9,15H,16H2,1-3H3. The number of pyridine rings is 1. The second kappa shape index (κ2) is 5.19. The van der Waals surface area contributed by atoms with Gasteiger partial charge in [-0.15, -0.1) is 0 Å². The van der Waals surface area contributed by atoms with E-state index in [1.807, 2.05) is 44.2 Å². The van der Waals surface area contributed by atoms with Crippen molar-refractivity contribution in [2.75, 3.05) is 7.11 Å². The number of benzene rings is 1. The van der Waals surface area contributed by atoms with Crippen molar-refractivity contribution in [1.82, 2.24) is 4.98 Å². The molecule has 18 heavy (non-hydrogen) atoms. The Bertz CT molecular complexity index is 552. The monoisotopic (exact) mass is 242 g/mol. The summed E-state index contributed by atoms with van der Waals surface area (Å²) >= 11 is 0. The van der Waals surface area contributed by atoms with Crippen LogP contribution in [0.2, 0.25) is 0 Å². The molecule has 0 aliphatic carbocycles. The van der Waals surface area contributed by atoms with Gasteiger partial charge in [-0.1, -0.05) is 6.07 Å². The van der Waals surface area contributed by atoms with E-state index in [0.29, 0.717) is 0 Å². The van der Waals surface area contributed by atoms with Crippen LogP contribution in [0.15, 0.2) is 36.5 Å². The number of ether oxygens (including phenoxy) is 1. The van der Waals surface area contributed by atoms with Crippen molar-refractivity contribution in [2.45, 2.75) is 19.9 Å². The van der Waals surface area contributed by atoms with Gasteiger partial charge in [0.1, 0.15) is 5.75 Å². The van der Waals surface area contributed by atoms with Crippen LogP contribution in [0, 0.1) is 13.8 Å². The van der Waals surface area contributed by atoms with E-state index >= 15 is 0 Å². The lowest BCUT2D eigenvalue weighted by atomic mass is 9.98. The molecule has 0 bridgehead atoms. The van der Waals surface area contributed by atoms with Gasteiger partial charge in [-0.3, -0.25) is 4.98 Å². The third-order valence-electron chi connectivity index (χ3n) is 3.07. The first kappa shape index (κ1) is 12.6. The van der Waals surface area contributed by atoms with Gasteiger partial charge >= 0.3 is 0 Å². The van der Waals surface area contributed by atoms with Crippen molar-refractivity contribution < 1.29 is 4.74 Å². The van der Waals surface area contributed by atoms with Crippen LogP contribution in [0.3, 0.4) is 0 Å². The minimum absolute atomic E-state index is 0.198. The molecule has 0 fully saturated rings. The van der Waals surface area contributed by atoms with Crippen LogP contribution in [0.25, 0.3) is 0 Å². The first-order valence-electron chi connectivity index (χ1n) is 5.94. The van der Waals surface area contributed by atoms with Gasteiger partial charge in [0.05, 0.1) is 18.8 Å². The van der Waals surface area contributed by atoms with E-state index in [-0.39, 0.29) is 6.04 Å². The van der Waals surface area contributed by atoms with Crippen molar-refractivity contribution in [2.24, 2.45) is 5.73 Å². The quantitative estimate of drug-likeness (QED) is 0.900. The molecule has 2 N–H and O–H groups in total. The lowest BCUT2D eigenvalue weighted by Gasteiger charge is -2.15. The number of hydrogen-bond donors (Lipinski definition) is 1. The van der Waals surface area contributed by atoms with Gasteiger partial charge in [0.2, 0.25) is 0 Å². The smallest absolute Gasteiger partial charge is 0.119 e. The van der Waals surface area contributed by atoms with Gasteiger partial charge < -0.3 is 10.5 Å². The van der Waals surface area contributed by atoms with Crippen LogP contribution in [0.5, 0.6) is 5.75 Å². The fraction of sp³-hybridized carbons (Fsp3) is 0.267. The summed E-state index contributed by atoms with van der Waals surface area (Å²) < 4.78 is 5.20. The molecule has 0 radical (unpaired) electrons. The largest absolute Gasteiger partial charge is 0.497 e. The SMILES string of the molecule is COc1ccc(C(N)c2cc(C)ccn2)c(C)c1. The molecular weight excluding hydrogens is 224 g/mol. The topological polar surface area (TPSA) is 48.1 Å². The van der Waals surface area contributed by atoms with E-state index in [9.17, 15) is 0 Å². The Labute approximate surface area is 108 Å². The second-order valence-electron chi connectivity index (χ2n) is 4.46. The van der Waals surface area contributed by atoms with Crippen molar-refractivity contribution in [3.8, 4) is 5.75 Å². The Kier molecular flexibility index (Phi) is 3.63. The molecule has 2 rings (SSSR count). The Morgan fingerprint density at radius 3 is 2.56 bits per heavy atom. The van der Waals surface area contributed by atoms with Gasteiger partial charge in [-0.25, -0.2) is 0 Å². The van der Waals surface area contributed by atoms with Crippen LogP contribution in [-0.2, 0) is 0 Å². The zero-order valence-corrected chi connectivity index (χ0v) is 11.0. The first-order chi connectivity index (χ1) is 8.61. The van der Waals surface area contributed by atoms with Crippen molar-refractivity contribution in [3.05, 3.63) is 58.9 Å². The van der Waals surface area contributed by atoms with Crippen LogP contribution in [-0.4, -0.2) is 12.1 Å². The fourth-order valence-electron chi connectivity index (χ4n) is 2.01. The normalized spacial score (nSPS) is 12.2. The van der Waals surface area contributed by atoms with Gasteiger partial charge in [0.15, 0.2) is 0 Å². The van der Waals surface area contributed by atoms with Crippen molar-refractivity contribution >= 4 is 0 Å². The first-order valence-corrected chi connectivity index (χ1v) is 5.94. The number of nitrogens with zero attached hydrogens (tertiary/aromatic N) is 1. The predicted octanol–water partition coefficient (Wildman–Crippen LogP) is 2.76. The van der Waals surface area contributed by atoms with Gasteiger partial charge in [0.25, 0.3) is 0 Å². The molecule has 3 nitrogen and oxygen atoms in total. The molecule has 94 valence electrons. The Morgan fingerprint density at radius 2 is 1.94 bits per heavy atom. The molecule has 3 heteroatoms. The highest BCUT2D eigenvalue weighted by Gasteiger charge is 2.13. The summed E-state index contributed by atoms with van der Waals surface area (Å²) in [6.45, 7) is 4.08. The van der Waals surface area contributed by atoms with Gasteiger partial charge in [0, 0.05) is 6.20 Å². The van der Waals surface area contributed by atoms with Crippen LogP contribution < -0.4 is 10.5 Å². The molecule has 2 aromatic rings. The van der Waals surface area contributed by atoms with E-state index in [2.05, 4.69) is 4.98 Å². The number of aryl methyl sites for hydroxylation is 2. The molecule has 0 aliphatic rings. The molecule has 1 atom stereocenters. The maximum atomic E-state index is 6.27. The van der Waals surface area contributed by atoms with Crippen LogP contribution in [0.1, 0.15) is 28.4 Å². The van der Waals surface area contributed by atoms with Crippen LogP contribution >= 0.6 is 0 Å².